The Morgan fingerprint density at radius 2 is 1.86 bits per heavy atom. The zero-order valence-corrected chi connectivity index (χ0v) is 9.59. The molecule has 14 heavy (non-hydrogen) atoms. The lowest BCUT2D eigenvalue weighted by atomic mass is 9.73. The Hall–Kier alpha value is -0.0400. The zero-order valence-electron chi connectivity index (χ0n) is 9.59. The van der Waals surface area contributed by atoms with Gasteiger partial charge in [-0.2, -0.15) is 0 Å². The summed E-state index contributed by atoms with van der Waals surface area (Å²) in [5.74, 6) is 4.73. The van der Waals surface area contributed by atoms with Gasteiger partial charge in [-0.3, -0.25) is 0 Å². The molecule has 0 aromatic heterocycles. The summed E-state index contributed by atoms with van der Waals surface area (Å²) in [6, 6.07) is 0. The first-order chi connectivity index (χ1) is 6.71. The summed E-state index contributed by atoms with van der Waals surface area (Å²) in [7, 11) is 0. The molecular formula is C13H21N. The first kappa shape index (κ1) is 8.15. The molecule has 0 aliphatic heterocycles. The second kappa shape index (κ2) is 1.93. The van der Waals surface area contributed by atoms with E-state index in [2.05, 4.69) is 25.7 Å². The molecule has 5 aliphatic carbocycles. The highest BCUT2D eigenvalue weighted by Gasteiger charge is 3.01. The summed E-state index contributed by atoms with van der Waals surface area (Å²) in [5.41, 5.74) is 1.68. The van der Waals surface area contributed by atoms with Crippen LogP contribution < -0.4 is 0 Å². The normalized spacial score (nSPS) is 65.1. The lowest BCUT2D eigenvalue weighted by molar-refractivity contribution is 0.0955. The van der Waals surface area contributed by atoms with Crippen LogP contribution in [-0.4, -0.2) is 24.5 Å². The number of nitrogens with zero attached hydrogens (tertiary/aromatic N) is 1. The standard InChI is InChI=1S/C13H21N/c1-4-14(5-2)7-13-9-6-8-10(11(9)13)12(8,13)3/h8-11H,4-7H2,1-3H3. The van der Waals surface area contributed by atoms with Crippen LogP contribution in [0.3, 0.4) is 0 Å². The van der Waals surface area contributed by atoms with Crippen molar-refractivity contribution < 1.29 is 0 Å². The summed E-state index contributed by atoms with van der Waals surface area (Å²) >= 11 is 0. The summed E-state index contributed by atoms with van der Waals surface area (Å²) in [4.78, 5) is 2.66. The molecule has 5 rings (SSSR count). The van der Waals surface area contributed by atoms with E-state index in [1.165, 1.54) is 43.3 Å². The van der Waals surface area contributed by atoms with E-state index in [9.17, 15) is 0 Å². The van der Waals surface area contributed by atoms with E-state index in [1.807, 2.05) is 0 Å². The minimum Gasteiger partial charge on any atom is -0.303 e. The maximum atomic E-state index is 2.66. The van der Waals surface area contributed by atoms with Crippen LogP contribution in [-0.2, 0) is 0 Å². The van der Waals surface area contributed by atoms with Gasteiger partial charge >= 0.3 is 0 Å². The van der Waals surface area contributed by atoms with E-state index >= 15 is 0 Å². The molecule has 0 amide bonds. The van der Waals surface area contributed by atoms with Crippen LogP contribution in [0, 0.1) is 34.5 Å². The quantitative estimate of drug-likeness (QED) is 0.658. The Bertz CT molecular complexity index is 296. The van der Waals surface area contributed by atoms with Crippen LogP contribution in [0.4, 0.5) is 0 Å². The van der Waals surface area contributed by atoms with Crippen molar-refractivity contribution in [3.63, 3.8) is 0 Å². The molecule has 0 aromatic rings. The molecule has 6 unspecified atom stereocenters. The number of hydrogen-bond donors (Lipinski definition) is 0. The van der Waals surface area contributed by atoms with E-state index < -0.39 is 0 Å². The lowest BCUT2D eigenvalue weighted by Gasteiger charge is -2.37. The third kappa shape index (κ3) is 0.493. The Morgan fingerprint density at radius 3 is 2.21 bits per heavy atom. The van der Waals surface area contributed by atoms with Crippen LogP contribution in [0.25, 0.3) is 0 Å². The molecule has 1 nitrogen and oxygen atoms in total. The molecule has 6 atom stereocenters. The molecule has 78 valence electrons. The Kier molecular flexibility index (Phi) is 1.13. The minimum atomic E-state index is 0.838. The van der Waals surface area contributed by atoms with Gasteiger partial charge in [-0.1, -0.05) is 20.8 Å². The van der Waals surface area contributed by atoms with E-state index in [0.717, 1.165) is 10.8 Å². The van der Waals surface area contributed by atoms with Crippen molar-refractivity contribution in [2.45, 2.75) is 27.2 Å². The smallest absolute Gasteiger partial charge is 0.00488 e. The summed E-state index contributed by atoms with van der Waals surface area (Å²) in [6.07, 6.45) is 1.60. The molecular weight excluding hydrogens is 170 g/mol. The average Bonchev–Trinajstić information content (AvgIpc) is 2.80. The van der Waals surface area contributed by atoms with Crippen LogP contribution in [0.15, 0.2) is 0 Å². The fourth-order valence-corrected chi connectivity index (χ4v) is 5.93. The van der Waals surface area contributed by atoms with E-state index in [-0.39, 0.29) is 0 Å². The third-order valence-corrected chi connectivity index (χ3v) is 6.65. The van der Waals surface area contributed by atoms with Crippen molar-refractivity contribution in [1.29, 1.82) is 0 Å². The largest absolute Gasteiger partial charge is 0.303 e. The highest BCUT2D eigenvalue weighted by atomic mass is 15.2. The Labute approximate surface area is 86.9 Å². The maximum Gasteiger partial charge on any atom is 0.00488 e. The van der Waals surface area contributed by atoms with Crippen LogP contribution >= 0.6 is 0 Å². The van der Waals surface area contributed by atoms with Crippen molar-refractivity contribution in [1.82, 2.24) is 4.90 Å². The van der Waals surface area contributed by atoms with Gasteiger partial charge in [-0.25, -0.2) is 0 Å². The van der Waals surface area contributed by atoms with Crippen molar-refractivity contribution in [3.05, 3.63) is 0 Å². The number of rotatable bonds is 4. The van der Waals surface area contributed by atoms with E-state index in [0.29, 0.717) is 0 Å². The van der Waals surface area contributed by atoms with Gasteiger partial charge in [0.2, 0.25) is 0 Å². The van der Waals surface area contributed by atoms with Crippen molar-refractivity contribution in [2.24, 2.45) is 34.5 Å². The molecule has 0 radical (unpaired) electrons. The molecule has 0 heterocycles. The molecule has 0 aromatic carbocycles. The van der Waals surface area contributed by atoms with Gasteiger partial charge < -0.3 is 4.90 Å². The first-order valence-electron chi connectivity index (χ1n) is 6.44. The molecule has 5 aliphatic rings. The van der Waals surface area contributed by atoms with E-state index in [1.54, 1.807) is 6.42 Å². The minimum absolute atomic E-state index is 0.838. The second-order valence-electron chi connectivity index (χ2n) is 6.28. The number of hydrogen-bond acceptors (Lipinski definition) is 1. The Balaban J connectivity index is 1.59. The maximum absolute atomic E-state index is 2.66. The zero-order chi connectivity index (χ0) is 9.72. The topological polar surface area (TPSA) is 3.24 Å². The van der Waals surface area contributed by atoms with Crippen molar-refractivity contribution in [2.75, 3.05) is 19.6 Å². The van der Waals surface area contributed by atoms with Crippen molar-refractivity contribution in [3.8, 4) is 0 Å². The monoisotopic (exact) mass is 191 g/mol. The van der Waals surface area contributed by atoms with Crippen LogP contribution in [0.1, 0.15) is 27.2 Å². The average molecular weight is 191 g/mol. The molecule has 5 fully saturated rings. The highest BCUT2D eigenvalue weighted by molar-refractivity contribution is 5.48. The van der Waals surface area contributed by atoms with Gasteiger partial charge in [0.1, 0.15) is 0 Å². The fourth-order valence-electron chi connectivity index (χ4n) is 5.93. The summed E-state index contributed by atoms with van der Waals surface area (Å²) in [5, 5.41) is 0. The molecule has 0 N–H and O–H groups in total. The fraction of sp³-hybridized carbons (Fsp3) is 1.00. The van der Waals surface area contributed by atoms with E-state index in [4.69, 9.17) is 0 Å². The Morgan fingerprint density at radius 1 is 1.14 bits per heavy atom. The summed E-state index contributed by atoms with van der Waals surface area (Å²) < 4.78 is 0. The van der Waals surface area contributed by atoms with Gasteiger partial charge in [0.25, 0.3) is 0 Å². The summed E-state index contributed by atoms with van der Waals surface area (Å²) in [6.45, 7) is 11.2. The molecule has 2 bridgehead atoms. The lowest BCUT2D eigenvalue weighted by Crippen LogP contribution is -2.40. The third-order valence-electron chi connectivity index (χ3n) is 6.65. The van der Waals surface area contributed by atoms with Crippen LogP contribution in [0.5, 0.6) is 0 Å². The molecule has 0 spiro atoms. The SMILES string of the molecule is CCN(CC)CC12C3CC4C(C31)C42C. The highest BCUT2D eigenvalue weighted by Crippen LogP contribution is 3.04. The predicted octanol–water partition coefficient (Wildman–Crippen LogP) is 2.23. The van der Waals surface area contributed by atoms with Gasteiger partial charge in [0.15, 0.2) is 0 Å². The van der Waals surface area contributed by atoms with Gasteiger partial charge in [-0.15, -0.1) is 0 Å². The predicted molar refractivity (Wildman–Crippen MR) is 56.9 cm³/mol. The molecule has 5 saturated carbocycles. The molecule has 1 heteroatoms. The molecule has 0 saturated heterocycles. The van der Waals surface area contributed by atoms with Gasteiger partial charge in [0, 0.05) is 6.54 Å². The van der Waals surface area contributed by atoms with Gasteiger partial charge in [-0.05, 0) is 54.0 Å². The second-order valence-corrected chi connectivity index (χ2v) is 6.28. The van der Waals surface area contributed by atoms with Crippen LogP contribution in [0.2, 0.25) is 0 Å². The van der Waals surface area contributed by atoms with Crippen molar-refractivity contribution >= 4 is 0 Å². The van der Waals surface area contributed by atoms with Gasteiger partial charge in [0.05, 0.1) is 0 Å². The first-order valence-corrected chi connectivity index (χ1v) is 6.44.